The minimum atomic E-state index is -3.09. The van der Waals surface area contributed by atoms with Crippen LogP contribution in [0.3, 0.4) is 0 Å². The number of nitrogens with one attached hydrogen (secondary N) is 1. The first-order valence-corrected chi connectivity index (χ1v) is 10.9. The second-order valence-corrected chi connectivity index (χ2v) is 8.25. The van der Waals surface area contributed by atoms with Gasteiger partial charge in [0.25, 0.3) is 11.0 Å². The van der Waals surface area contributed by atoms with Crippen molar-refractivity contribution in [1.29, 1.82) is 0 Å². The van der Waals surface area contributed by atoms with Crippen LogP contribution in [0.1, 0.15) is 38.3 Å². The highest BCUT2D eigenvalue weighted by molar-refractivity contribution is 7.67. The maximum absolute atomic E-state index is 10.6. The maximum atomic E-state index is 10.6. The fraction of sp³-hybridized carbons (Fsp3) is 0.688. The van der Waals surface area contributed by atoms with Crippen molar-refractivity contribution in [3.8, 4) is 0 Å². The Hall–Kier alpha value is -1.57. The van der Waals surface area contributed by atoms with E-state index >= 15 is 0 Å². The van der Waals surface area contributed by atoms with Crippen LogP contribution < -0.4 is 5.32 Å². The quantitative estimate of drug-likeness (QED) is 0.361. The number of hydrogen-bond acceptors (Lipinski definition) is 10. The molecule has 4 rings (SSSR count). The molecule has 11 nitrogen and oxygen atoms in total. The predicted octanol–water partition coefficient (Wildman–Crippen LogP) is 0.386. The van der Waals surface area contributed by atoms with Crippen LogP contribution >= 0.6 is 11.6 Å². The highest BCUT2D eigenvalue weighted by atomic mass is 35.5. The smallest absolute Gasteiger partial charge is 0.257 e. The zero-order valence-electron chi connectivity index (χ0n) is 15.3. The number of aromatic nitrogens is 4. The van der Waals surface area contributed by atoms with Gasteiger partial charge < -0.3 is 20.3 Å². The van der Waals surface area contributed by atoms with E-state index in [2.05, 4.69) is 24.5 Å². The van der Waals surface area contributed by atoms with Gasteiger partial charge in [-0.25, -0.2) is 13.4 Å². The number of rotatable bonds is 6. The lowest BCUT2D eigenvalue weighted by Crippen LogP contribution is -2.33. The van der Waals surface area contributed by atoms with Crippen LogP contribution in [0, 0.1) is 0 Å². The van der Waals surface area contributed by atoms with Crippen molar-refractivity contribution >= 4 is 39.6 Å². The molecule has 0 radical (unpaired) electrons. The van der Waals surface area contributed by atoms with Crippen molar-refractivity contribution in [2.24, 2.45) is 0 Å². The molecule has 29 heavy (non-hydrogen) atoms. The molecule has 4 atom stereocenters. The fourth-order valence-electron chi connectivity index (χ4n) is 3.85. The second-order valence-electron chi connectivity index (χ2n) is 7.21. The zero-order chi connectivity index (χ0) is 20.5. The Kier molecular flexibility index (Phi) is 6.18. The minimum Gasteiger partial charge on any atom is -0.387 e. The molecule has 2 aromatic rings. The van der Waals surface area contributed by atoms with Crippen LogP contribution in [0.25, 0.3) is 11.2 Å². The molecule has 13 heteroatoms. The van der Waals surface area contributed by atoms with Gasteiger partial charge >= 0.3 is 0 Å². The van der Waals surface area contributed by atoms with Crippen LogP contribution in [0.2, 0.25) is 5.28 Å². The Bertz CT molecular complexity index is 941. The predicted molar refractivity (Wildman–Crippen MR) is 103 cm³/mol. The third kappa shape index (κ3) is 4.32. The third-order valence-electron chi connectivity index (χ3n) is 5.30. The molecule has 0 spiro atoms. The van der Waals surface area contributed by atoms with Gasteiger partial charge in [0.2, 0.25) is 5.28 Å². The van der Waals surface area contributed by atoms with Gasteiger partial charge in [0.05, 0.1) is 12.9 Å². The molecule has 160 valence electrons. The van der Waals surface area contributed by atoms with E-state index in [-0.39, 0.29) is 11.3 Å². The minimum absolute atomic E-state index is 0.00818. The Balaban J connectivity index is 1.61. The third-order valence-corrected chi connectivity index (χ3v) is 5.82. The van der Waals surface area contributed by atoms with Crippen molar-refractivity contribution in [3.05, 3.63) is 11.6 Å². The molecular weight excluding hydrogens is 426 g/mol. The molecular formula is C16H22ClN5O6S. The summed E-state index contributed by atoms with van der Waals surface area (Å²) < 4.78 is 32.8. The summed E-state index contributed by atoms with van der Waals surface area (Å²) in [7, 11) is -3.09. The van der Waals surface area contributed by atoms with E-state index in [1.54, 1.807) is 0 Å². The Labute approximate surface area is 173 Å². The molecule has 1 aliphatic heterocycles. The lowest BCUT2D eigenvalue weighted by Gasteiger charge is -2.23. The van der Waals surface area contributed by atoms with Crippen LogP contribution in [-0.4, -0.2) is 69.1 Å². The molecule has 1 saturated heterocycles. The second kappa shape index (κ2) is 8.66. The summed E-state index contributed by atoms with van der Waals surface area (Å²) in [5.41, 5.74) is 0.795. The number of anilines is 1. The largest absolute Gasteiger partial charge is 0.387 e. The molecule has 0 unspecified atom stereocenters. The lowest BCUT2D eigenvalue weighted by molar-refractivity contribution is -0.0462. The molecule has 1 saturated carbocycles. The summed E-state index contributed by atoms with van der Waals surface area (Å²) in [6, 6.07) is 0.272. The topological polar surface area (TPSA) is 149 Å². The zero-order valence-corrected chi connectivity index (χ0v) is 17.0. The summed E-state index contributed by atoms with van der Waals surface area (Å²) in [5.74, 6) is 0.502. The maximum Gasteiger partial charge on any atom is 0.257 e. The van der Waals surface area contributed by atoms with E-state index in [4.69, 9.17) is 16.3 Å². The van der Waals surface area contributed by atoms with Crippen molar-refractivity contribution in [2.75, 3.05) is 11.9 Å². The highest BCUT2D eigenvalue weighted by Gasteiger charge is 2.44. The van der Waals surface area contributed by atoms with E-state index in [1.807, 2.05) is 0 Å². The standard InChI is InChI=1S/C16H22ClN5O6S/c17-16-20-13(19-8-4-2-1-3-5-8)10-14(21-16)22(7-18-10)15-12(24)11(23)9(28-15)6-27-29(25)26/h7-9,11-12,15,23-24,29H,1-6H2,(H,19,20,21)/t9-,11-,12-,15-/m1/s1. The molecule has 2 fully saturated rings. The van der Waals surface area contributed by atoms with Gasteiger partial charge in [0, 0.05) is 6.04 Å². The summed E-state index contributed by atoms with van der Waals surface area (Å²) in [6.45, 7) is -0.412. The normalized spacial score (nSPS) is 28.4. The molecule has 2 aliphatic rings. The van der Waals surface area contributed by atoms with Gasteiger partial charge in [-0.1, -0.05) is 19.3 Å². The number of nitrogens with zero attached hydrogens (tertiary/aromatic N) is 4. The van der Waals surface area contributed by atoms with Crippen molar-refractivity contribution in [1.82, 2.24) is 19.5 Å². The van der Waals surface area contributed by atoms with Crippen LogP contribution in [0.4, 0.5) is 5.82 Å². The number of ether oxygens (including phenoxy) is 1. The summed E-state index contributed by atoms with van der Waals surface area (Å²) in [5, 5.41) is 24.0. The summed E-state index contributed by atoms with van der Waals surface area (Å²) >= 11 is 6.11. The lowest BCUT2D eigenvalue weighted by atomic mass is 9.95. The molecule has 0 aromatic carbocycles. The van der Waals surface area contributed by atoms with E-state index in [1.165, 1.54) is 17.3 Å². The SMILES string of the molecule is O=[SH](=O)OC[C@H]1O[C@@H](n2cnc3c(NC4CCCCC4)nc(Cl)nc32)[C@H](O)[C@@H]1O. The van der Waals surface area contributed by atoms with Gasteiger partial charge in [0.15, 0.2) is 23.2 Å². The summed E-state index contributed by atoms with van der Waals surface area (Å²) in [4.78, 5) is 12.8. The van der Waals surface area contributed by atoms with E-state index in [0.717, 1.165) is 25.7 Å². The van der Waals surface area contributed by atoms with E-state index < -0.39 is 42.1 Å². The molecule has 3 heterocycles. The van der Waals surface area contributed by atoms with Gasteiger partial charge in [-0.3, -0.25) is 8.75 Å². The molecule has 0 amide bonds. The van der Waals surface area contributed by atoms with Crippen LogP contribution in [0.15, 0.2) is 6.33 Å². The molecule has 0 bridgehead atoms. The van der Waals surface area contributed by atoms with Crippen molar-refractivity contribution in [3.63, 3.8) is 0 Å². The first-order valence-electron chi connectivity index (χ1n) is 9.39. The first-order chi connectivity index (χ1) is 13.9. The number of imidazole rings is 1. The average molecular weight is 448 g/mol. The van der Waals surface area contributed by atoms with Gasteiger partial charge in [-0.2, -0.15) is 9.97 Å². The first kappa shape index (κ1) is 20.7. The number of fused-ring (bicyclic) bond motifs is 1. The number of aliphatic hydroxyl groups excluding tert-OH is 2. The van der Waals surface area contributed by atoms with E-state index in [9.17, 15) is 18.6 Å². The number of aliphatic hydroxyl groups is 2. The van der Waals surface area contributed by atoms with Gasteiger partial charge in [-0.15, -0.1) is 0 Å². The monoisotopic (exact) mass is 447 g/mol. The fourth-order valence-corrected chi connectivity index (χ4v) is 4.28. The average Bonchev–Trinajstić information content (AvgIpc) is 3.23. The Morgan fingerprint density at radius 2 is 2.00 bits per heavy atom. The molecule has 3 N–H and O–H groups in total. The van der Waals surface area contributed by atoms with Crippen LogP contribution in [-0.2, 0) is 19.9 Å². The number of hydrogen-bond donors (Lipinski definition) is 4. The Morgan fingerprint density at radius 1 is 1.24 bits per heavy atom. The summed E-state index contributed by atoms with van der Waals surface area (Å²) in [6.07, 6.45) is 2.24. The van der Waals surface area contributed by atoms with E-state index in [0.29, 0.717) is 17.0 Å². The number of halogens is 1. The van der Waals surface area contributed by atoms with Crippen molar-refractivity contribution < 1.29 is 27.6 Å². The van der Waals surface area contributed by atoms with Crippen LogP contribution in [0.5, 0.6) is 0 Å². The highest BCUT2D eigenvalue weighted by Crippen LogP contribution is 2.33. The molecule has 2 aromatic heterocycles. The van der Waals surface area contributed by atoms with Gasteiger partial charge in [-0.05, 0) is 24.4 Å². The molecule has 1 aliphatic carbocycles. The number of thiol groups is 1. The van der Waals surface area contributed by atoms with Crippen molar-refractivity contribution in [2.45, 2.75) is 62.7 Å². The van der Waals surface area contributed by atoms with Gasteiger partial charge in [0.1, 0.15) is 18.3 Å². The Morgan fingerprint density at radius 3 is 2.72 bits per heavy atom.